The molecule has 0 aliphatic heterocycles. The predicted molar refractivity (Wildman–Crippen MR) is 65.9 cm³/mol. The number of Topliss-reactive ketones (excluding diaryl/α,β-unsaturated/α-hetero) is 1. The molecule has 16 heavy (non-hydrogen) atoms. The largest absolute Gasteiger partial charge is 0.326 e. The highest BCUT2D eigenvalue weighted by molar-refractivity contribution is 7.08. The van der Waals surface area contributed by atoms with Crippen molar-refractivity contribution in [2.45, 2.75) is 13.8 Å². The molecule has 0 fully saturated rings. The van der Waals surface area contributed by atoms with Crippen molar-refractivity contribution in [3.05, 3.63) is 40.2 Å². The maximum atomic E-state index is 11.4. The van der Waals surface area contributed by atoms with Gasteiger partial charge < -0.3 is 5.32 Å². The summed E-state index contributed by atoms with van der Waals surface area (Å²) in [5.74, 6) is -0.354. The summed E-state index contributed by atoms with van der Waals surface area (Å²) in [5.41, 5.74) is 1.70. The van der Waals surface area contributed by atoms with E-state index in [1.54, 1.807) is 17.4 Å². The van der Waals surface area contributed by atoms with Crippen LogP contribution in [0, 0.1) is 0 Å². The zero-order chi connectivity index (χ0) is 12.1. The summed E-state index contributed by atoms with van der Waals surface area (Å²) in [6, 6.07) is 1.90. The summed E-state index contributed by atoms with van der Waals surface area (Å²) in [7, 11) is 0. The quantitative estimate of drug-likeness (QED) is 0.643. The van der Waals surface area contributed by atoms with Crippen LogP contribution in [0.4, 0.5) is 0 Å². The van der Waals surface area contributed by atoms with Crippen molar-refractivity contribution in [3.63, 3.8) is 0 Å². The van der Waals surface area contributed by atoms with Gasteiger partial charge in [-0.3, -0.25) is 9.59 Å². The van der Waals surface area contributed by atoms with E-state index in [1.807, 2.05) is 16.8 Å². The van der Waals surface area contributed by atoms with Gasteiger partial charge in [0.1, 0.15) is 0 Å². The van der Waals surface area contributed by atoms with Crippen LogP contribution in [0.2, 0.25) is 0 Å². The molecule has 0 spiro atoms. The third-order valence-electron chi connectivity index (χ3n) is 1.89. The summed E-state index contributed by atoms with van der Waals surface area (Å²) < 4.78 is 0. The maximum Gasteiger partial charge on any atom is 0.221 e. The molecule has 0 atom stereocenters. The normalized spacial score (nSPS) is 11.0. The van der Waals surface area contributed by atoms with Crippen LogP contribution < -0.4 is 5.32 Å². The second-order valence-electron chi connectivity index (χ2n) is 3.33. The topological polar surface area (TPSA) is 46.2 Å². The summed E-state index contributed by atoms with van der Waals surface area (Å²) in [4.78, 5) is 22.3. The first-order chi connectivity index (χ1) is 7.50. The van der Waals surface area contributed by atoms with E-state index in [1.165, 1.54) is 13.8 Å². The lowest BCUT2D eigenvalue weighted by atomic mass is 10.1. The highest BCUT2D eigenvalue weighted by Gasteiger charge is 2.09. The molecule has 0 aliphatic carbocycles. The van der Waals surface area contributed by atoms with Gasteiger partial charge in [0, 0.05) is 18.2 Å². The number of carbonyl (C=O) groups excluding carboxylic acids is 2. The number of thiophene rings is 1. The monoisotopic (exact) mass is 235 g/mol. The van der Waals surface area contributed by atoms with E-state index in [0.717, 1.165) is 5.56 Å². The Hall–Kier alpha value is -1.68. The van der Waals surface area contributed by atoms with Gasteiger partial charge in [0.05, 0.1) is 0 Å². The Morgan fingerprint density at radius 1 is 1.44 bits per heavy atom. The zero-order valence-corrected chi connectivity index (χ0v) is 10.1. The average Bonchev–Trinajstić information content (AvgIpc) is 2.64. The minimum absolute atomic E-state index is 0.120. The molecule has 0 radical (unpaired) electrons. The van der Waals surface area contributed by atoms with Gasteiger partial charge in [0.15, 0.2) is 5.78 Å². The van der Waals surface area contributed by atoms with E-state index >= 15 is 0 Å². The van der Waals surface area contributed by atoms with Gasteiger partial charge in [-0.05, 0) is 35.4 Å². The van der Waals surface area contributed by atoms with E-state index in [2.05, 4.69) is 11.9 Å². The molecule has 0 saturated carbocycles. The Labute approximate surface area is 98.5 Å². The molecular weight excluding hydrogens is 222 g/mol. The first kappa shape index (κ1) is 12.4. The first-order valence-corrected chi connectivity index (χ1v) is 5.66. The van der Waals surface area contributed by atoms with Gasteiger partial charge in [0.2, 0.25) is 5.91 Å². The minimum Gasteiger partial charge on any atom is -0.326 e. The van der Waals surface area contributed by atoms with E-state index in [4.69, 9.17) is 0 Å². The molecule has 1 heterocycles. The summed E-state index contributed by atoms with van der Waals surface area (Å²) in [6.07, 6.45) is 1.72. The number of allylic oxidation sites excluding steroid dienone is 1. The number of hydrogen-bond acceptors (Lipinski definition) is 3. The van der Waals surface area contributed by atoms with Gasteiger partial charge in [-0.25, -0.2) is 0 Å². The molecule has 1 aromatic rings. The van der Waals surface area contributed by atoms with Gasteiger partial charge >= 0.3 is 0 Å². The van der Waals surface area contributed by atoms with Crippen molar-refractivity contribution in [1.82, 2.24) is 5.32 Å². The van der Waals surface area contributed by atoms with E-state index < -0.39 is 0 Å². The SMILES string of the molecule is C=C(NC(C)=O)/C(=C\c1ccsc1)C(C)=O. The van der Waals surface area contributed by atoms with Crippen LogP contribution in [0.15, 0.2) is 34.7 Å². The van der Waals surface area contributed by atoms with Gasteiger partial charge in [0.25, 0.3) is 0 Å². The van der Waals surface area contributed by atoms with Crippen molar-refractivity contribution in [2.24, 2.45) is 0 Å². The van der Waals surface area contributed by atoms with Crippen LogP contribution in [0.3, 0.4) is 0 Å². The first-order valence-electron chi connectivity index (χ1n) is 4.72. The van der Waals surface area contributed by atoms with Crippen molar-refractivity contribution in [2.75, 3.05) is 0 Å². The fraction of sp³-hybridized carbons (Fsp3) is 0.167. The fourth-order valence-corrected chi connectivity index (χ4v) is 1.82. The predicted octanol–water partition coefficient (Wildman–Crippen LogP) is 2.37. The van der Waals surface area contributed by atoms with Crippen molar-refractivity contribution < 1.29 is 9.59 Å². The smallest absolute Gasteiger partial charge is 0.221 e. The molecule has 0 bridgehead atoms. The number of amides is 1. The fourth-order valence-electron chi connectivity index (χ4n) is 1.20. The number of nitrogens with one attached hydrogen (secondary N) is 1. The molecule has 84 valence electrons. The van der Waals surface area contributed by atoms with Crippen LogP contribution in [0.25, 0.3) is 6.08 Å². The number of rotatable bonds is 4. The third-order valence-corrected chi connectivity index (χ3v) is 2.59. The summed E-state index contributed by atoms with van der Waals surface area (Å²) >= 11 is 1.55. The number of ketones is 1. The molecular formula is C12H13NO2S. The number of hydrogen-bond donors (Lipinski definition) is 1. The van der Waals surface area contributed by atoms with Gasteiger partial charge in [-0.2, -0.15) is 11.3 Å². The molecule has 4 heteroatoms. The standard InChI is InChI=1S/C12H13NO2S/c1-8(13-10(3)15)12(9(2)14)6-11-4-5-16-7-11/h4-7H,1H2,2-3H3,(H,13,15)/b12-6+. The lowest BCUT2D eigenvalue weighted by molar-refractivity contribution is -0.118. The van der Waals surface area contributed by atoms with E-state index in [0.29, 0.717) is 11.3 Å². The lowest BCUT2D eigenvalue weighted by Crippen LogP contribution is -2.21. The molecule has 3 nitrogen and oxygen atoms in total. The third kappa shape index (κ3) is 3.47. The highest BCUT2D eigenvalue weighted by Crippen LogP contribution is 2.15. The van der Waals surface area contributed by atoms with Crippen LogP contribution in [0.1, 0.15) is 19.4 Å². The minimum atomic E-state index is -0.234. The molecule has 1 rings (SSSR count). The van der Waals surface area contributed by atoms with Crippen molar-refractivity contribution >= 4 is 29.1 Å². The Morgan fingerprint density at radius 2 is 2.12 bits per heavy atom. The van der Waals surface area contributed by atoms with Crippen molar-refractivity contribution in [1.29, 1.82) is 0 Å². The molecule has 0 aromatic carbocycles. The second-order valence-corrected chi connectivity index (χ2v) is 4.11. The van der Waals surface area contributed by atoms with Crippen LogP contribution >= 0.6 is 11.3 Å². The Balaban J connectivity index is 2.96. The van der Waals surface area contributed by atoms with Gasteiger partial charge in [-0.1, -0.05) is 6.58 Å². The van der Waals surface area contributed by atoms with Crippen LogP contribution in [0.5, 0.6) is 0 Å². The highest BCUT2D eigenvalue weighted by atomic mass is 32.1. The van der Waals surface area contributed by atoms with Gasteiger partial charge in [-0.15, -0.1) is 0 Å². The average molecular weight is 235 g/mol. The molecule has 1 amide bonds. The summed E-state index contributed by atoms with van der Waals surface area (Å²) in [5, 5.41) is 6.36. The molecule has 1 aromatic heterocycles. The lowest BCUT2D eigenvalue weighted by Gasteiger charge is -2.07. The maximum absolute atomic E-state index is 11.4. The van der Waals surface area contributed by atoms with Crippen LogP contribution in [-0.2, 0) is 9.59 Å². The Kier molecular flexibility index (Phi) is 4.19. The van der Waals surface area contributed by atoms with E-state index in [9.17, 15) is 9.59 Å². The Bertz CT molecular complexity index is 444. The zero-order valence-electron chi connectivity index (χ0n) is 9.24. The molecule has 0 saturated heterocycles. The molecule has 0 aliphatic rings. The van der Waals surface area contributed by atoms with Crippen molar-refractivity contribution in [3.8, 4) is 0 Å². The molecule has 1 N–H and O–H groups in total. The second kappa shape index (κ2) is 5.42. The Morgan fingerprint density at radius 3 is 2.56 bits per heavy atom. The number of carbonyl (C=O) groups is 2. The molecule has 0 unspecified atom stereocenters. The van der Waals surface area contributed by atoms with E-state index in [-0.39, 0.29) is 11.7 Å². The van der Waals surface area contributed by atoms with Crippen LogP contribution in [-0.4, -0.2) is 11.7 Å². The summed E-state index contributed by atoms with van der Waals surface area (Å²) in [6.45, 7) is 6.51.